The number of aryl methyl sites for hydroxylation is 1. The highest BCUT2D eigenvalue weighted by Crippen LogP contribution is 2.31. The normalized spacial score (nSPS) is 20.2. The van der Waals surface area contributed by atoms with Crippen molar-refractivity contribution in [3.05, 3.63) is 17.6 Å². The summed E-state index contributed by atoms with van der Waals surface area (Å²) < 4.78 is 38.4. The molecule has 1 aliphatic heterocycles. The number of nitrogens with zero attached hydrogens (tertiary/aromatic N) is 3. The van der Waals surface area contributed by atoms with Gasteiger partial charge in [-0.25, -0.2) is 9.97 Å². The Morgan fingerprint density at radius 2 is 2.10 bits per heavy atom. The number of hydrogen-bond acceptors (Lipinski definition) is 4. The van der Waals surface area contributed by atoms with Crippen LogP contribution in [0.3, 0.4) is 0 Å². The van der Waals surface area contributed by atoms with Crippen molar-refractivity contribution in [2.75, 3.05) is 18.1 Å². The summed E-state index contributed by atoms with van der Waals surface area (Å²) in [5.74, 6) is 0.422. The lowest BCUT2D eigenvalue weighted by Crippen LogP contribution is -2.41. The van der Waals surface area contributed by atoms with Crippen molar-refractivity contribution < 1.29 is 18.3 Å². The van der Waals surface area contributed by atoms with Gasteiger partial charge in [-0.3, -0.25) is 0 Å². The summed E-state index contributed by atoms with van der Waals surface area (Å²) in [6.07, 6.45) is -1.11. The molecule has 0 bridgehead atoms. The van der Waals surface area contributed by atoms with E-state index < -0.39 is 11.9 Å². The first-order valence-electron chi connectivity index (χ1n) is 6.72. The third kappa shape index (κ3) is 3.39. The molecular formula is C13H18F3N3O. The first-order valence-corrected chi connectivity index (χ1v) is 6.72. The van der Waals surface area contributed by atoms with Crippen molar-refractivity contribution >= 4 is 5.82 Å². The molecule has 0 aliphatic carbocycles. The van der Waals surface area contributed by atoms with Crippen molar-refractivity contribution in [3.8, 4) is 0 Å². The van der Waals surface area contributed by atoms with Crippen LogP contribution in [-0.2, 0) is 6.18 Å². The zero-order valence-electron chi connectivity index (χ0n) is 11.3. The summed E-state index contributed by atoms with van der Waals surface area (Å²) in [6, 6.07) is 1.05. The van der Waals surface area contributed by atoms with Gasteiger partial charge < -0.3 is 10.0 Å². The summed E-state index contributed by atoms with van der Waals surface area (Å²) in [4.78, 5) is 9.46. The van der Waals surface area contributed by atoms with Gasteiger partial charge in [0.25, 0.3) is 0 Å². The fraction of sp³-hybridized carbons (Fsp3) is 0.692. The SMILES string of the molecule is Cc1nc(N2CCCCC2CCO)cc(C(F)(F)F)n1. The van der Waals surface area contributed by atoms with Crippen molar-refractivity contribution in [1.82, 2.24) is 9.97 Å². The minimum Gasteiger partial charge on any atom is -0.396 e. The van der Waals surface area contributed by atoms with Crippen molar-refractivity contribution in [3.63, 3.8) is 0 Å². The van der Waals surface area contributed by atoms with Gasteiger partial charge in [0.05, 0.1) is 0 Å². The molecule has 4 nitrogen and oxygen atoms in total. The largest absolute Gasteiger partial charge is 0.433 e. The van der Waals surface area contributed by atoms with E-state index in [0.717, 1.165) is 25.3 Å². The van der Waals surface area contributed by atoms with Crippen LogP contribution in [-0.4, -0.2) is 34.3 Å². The van der Waals surface area contributed by atoms with E-state index in [4.69, 9.17) is 5.11 Å². The second-order valence-electron chi connectivity index (χ2n) is 5.01. The molecule has 20 heavy (non-hydrogen) atoms. The average molecular weight is 289 g/mol. The molecule has 1 unspecified atom stereocenters. The molecule has 0 radical (unpaired) electrons. The van der Waals surface area contributed by atoms with Crippen LogP contribution in [0, 0.1) is 6.92 Å². The Balaban J connectivity index is 2.32. The van der Waals surface area contributed by atoms with Crippen LogP contribution in [0.4, 0.5) is 19.0 Å². The minimum absolute atomic E-state index is 0.0252. The molecule has 1 atom stereocenters. The number of anilines is 1. The Morgan fingerprint density at radius 3 is 2.75 bits per heavy atom. The Labute approximate surface area is 115 Å². The van der Waals surface area contributed by atoms with Crippen LogP contribution in [0.25, 0.3) is 0 Å². The summed E-state index contributed by atoms with van der Waals surface area (Å²) in [6.45, 7) is 2.15. The molecule has 0 spiro atoms. The van der Waals surface area contributed by atoms with Crippen molar-refractivity contribution in [2.45, 2.75) is 44.8 Å². The summed E-state index contributed by atoms with van der Waals surface area (Å²) in [7, 11) is 0. The van der Waals surface area contributed by atoms with Crippen LogP contribution in [0.2, 0.25) is 0 Å². The Hall–Kier alpha value is -1.37. The van der Waals surface area contributed by atoms with Crippen LogP contribution in [0.5, 0.6) is 0 Å². The van der Waals surface area contributed by atoms with E-state index in [0.29, 0.717) is 18.8 Å². The number of aliphatic hydroxyl groups excluding tert-OH is 1. The van der Waals surface area contributed by atoms with E-state index in [9.17, 15) is 13.2 Å². The Morgan fingerprint density at radius 1 is 1.35 bits per heavy atom. The molecule has 2 rings (SSSR count). The van der Waals surface area contributed by atoms with Crippen molar-refractivity contribution in [1.29, 1.82) is 0 Å². The second-order valence-corrected chi connectivity index (χ2v) is 5.01. The predicted octanol–water partition coefficient (Wildman–Crippen LogP) is 2.55. The zero-order valence-corrected chi connectivity index (χ0v) is 11.3. The summed E-state index contributed by atoms with van der Waals surface area (Å²) in [5.41, 5.74) is -0.909. The molecule has 2 heterocycles. The highest BCUT2D eigenvalue weighted by molar-refractivity contribution is 5.42. The van der Waals surface area contributed by atoms with E-state index >= 15 is 0 Å². The number of aromatic nitrogens is 2. The maximum Gasteiger partial charge on any atom is 0.433 e. The van der Waals surface area contributed by atoms with Crippen LogP contribution in [0.1, 0.15) is 37.2 Å². The van der Waals surface area contributed by atoms with Gasteiger partial charge in [0.2, 0.25) is 0 Å². The lowest BCUT2D eigenvalue weighted by atomic mass is 9.99. The summed E-state index contributed by atoms with van der Waals surface area (Å²) in [5, 5.41) is 9.08. The lowest BCUT2D eigenvalue weighted by Gasteiger charge is -2.36. The first-order chi connectivity index (χ1) is 9.41. The molecular weight excluding hydrogens is 271 g/mol. The quantitative estimate of drug-likeness (QED) is 0.929. The number of piperidine rings is 1. The third-order valence-electron chi connectivity index (χ3n) is 3.50. The number of alkyl halides is 3. The van der Waals surface area contributed by atoms with E-state index in [1.54, 1.807) is 0 Å². The smallest absolute Gasteiger partial charge is 0.396 e. The van der Waals surface area contributed by atoms with Gasteiger partial charge in [0.1, 0.15) is 17.3 Å². The number of hydrogen-bond donors (Lipinski definition) is 1. The highest BCUT2D eigenvalue weighted by Gasteiger charge is 2.34. The lowest BCUT2D eigenvalue weighted by molar-refractivity contribution is -0.141. The molecule has 1 N–H and O–H groups in total. The standard InChI is InChI=1S/C13H18F3N3O/c1-9-17-11(13(14,15)16)8-12(18-9)19-6-3-2-4-10(19)5-7-20/h8,10,20H,2-7H2,1H3. The van der Waals surface area contributed by atoms with Gasteiger partial charge in [0.15, 0.2) is 0 Å². The van der Waals surface area contributed by atoms with E-state index in [1.165, 1.54) is 6.92 Å². The Bertz CT molecular complexity index is 463. The molecule has 1 saturated heterocycles. The van der Waals surface area contributed by atoms with Gasteiger partial charge in [-0.1, -0.05) is 0 Å². The molecule has 7 heteroatoms. The van der Waals surface area contributed by atoms with Crippen LogP contribution >= 0.6 is 0 Å². The first kappa shape index (κ1) is 15.0. The van der Waals surface area contributed by atoms with Crippen LogP contribution in [0.15, 0.2) is 6.07 Å². The van der Waals surface area contributed by atoms with E-state index in [-0.39, 0.29) is 18.5 Å². The number of aliphatic hydroxyl groups is 1. The maximum atomic E-state index is 12.8. The molecule has 1 aromatic rings. The van der Waals surface area contributed by atoms with Crippen LogP contribution < -0.4 is 4.90 Å². The molecule has 0 aromatic carbocycles. The second kappa shape index (κ2) is 5.95. The molecule has 0 amide bonds. The molecule has 1 aromatic heterocycles. The van der Waals surface area contributed by atoms with E-state index in [2.05, 4.69) is 9.97 Å². The van der Waals surface area contributed by atoms with Gasteiger partial charge in [0, 0.05) is 25.3 Å². The zero-order chi connectivity index (χ0) is 14.8. The molecule has 1 fully saturated rings. The van der Waals surface area contributed by atoms with Crippen molar-refractivity contribution in [2.24, 2.45) is 0 Å². The maximum absolute atomic E-state index is 12.8. The van der Waals surface area contributed by atoms with Gasteiger partial charge >= 0.3 is 6.18 Å². The highest BCUT2D eigenvalue weighted by atomic mass is 19.4. The number of rotatable bonds is 3. The van der Waals surface area contributed by atoms with Gasteiger partial charge in [-0.05, 0) is 32.6 Å². The fourth-order valence-electron chi connectivity index (χ4n) is 2.60. The van der Waals surface area contributed by atoms with Gasteiger partial charge in [-0.2, -0.15) is 13.2 Å². The fourth-order valence-corrected chi connectivity index (χ4v) is 2.60. The average Bonchev–Trinajstić information content (AvgIpc) is 2.38. The predicted molar refractivity (Wildman–Crippen MR) is 68.5 cm³/mol. The van der Waals surface area contributed by atoms with Gasteiger partial charge in [-0.15, -0.1) is 0 Å². The minimum atomic E-state index is -4.47. The number of halogens is 3. The summed E-state index contributed by atoms with van der Waals surface area (Å²) >= 11 is 0. The third-order valence-corrected chi connectivity index (χ3v) is 3.50. The Kier molecular flexibility index (Phi) is 4.47. The monoisotopic (exact) mass is 289 g/mol. The molecule has 1 aliphatic rings. The van der Waals surface area contributed by atoms with E-state index in [1.807, 2.05) is 4.90 Å². The molecule has 0 saturated carbocycles. The topological polar surface area (TPSA) is 49.2 Å². The molecule has 112 valence electrons.